The number of hydrogen-bond acceptors (Lipinski definition) is 5. The molecule has 2 rings (SSSR count). The number of nitrogens with zero attached hydrogens (tertiary/aromatic N) is 2. The average Bonchev–Trinajstić information content (AvgIpc) is 2.94. The molecule has 3 N–H and O–H groups in total. The zero-order chi connectivity index (χ0) is 31.4. The van der Waals surface area contributed by atoms with Gasteiger partial charge >= 0.3 is 0 Å². The Labute approximate surface area is 251 Å². The van der Waals surface area contributed by atoms with Gasteiger partial charge in [0.25, 0.3) is 0 Å². The topological polar surface area (TPSA) is 102 Å². The van der Waals surface area contributed by atoms with Crippen molar-refractivity contribution in [2.24, 2.45) is 29.6 Å². The molecular formula is C32H54F2N4O4. The second kappa shape index (κ2) is 17.8. The van der Waals surface area contributed by atoms with E-state index in [4.69, 9.17) is 6.42 Å². The molecule has 3 amide bonds. The Bertz CT molecular complexity index is 897. The van der Waals surface area contributed by atoms with E-state index in [1.54, 1.807) is 18.9 Å². The van der Waals surface area contributed by atoms with Crippen LogP contribution in [0, 0.1) is 41.9 Å². The number of carbonyl (C=O) groups is 3. The third kappa shape index (κ3) is 11.1. The van der Waals surface area contributed by atoms with Gasteiger partial charge in [-0.25, -0.2) is 13.8 Å². The minimum atomic E-state index is -1.26. The number of hydrogen-bond donors (Lipinski definition) is 3. The van der Waals surface area contributed by atoms with Crippen molar-refractivity contribution in [2.45, 2.75) is 117 Å². The Morgan fingerprint density at radius 1 is 0.952 bits per heavy atom. The summed E-state index contributed by atoms with van der Waals surface area (Å²) in [6.07, 6.45) is 5.60. The van der Waals surface area contributed by atoms with Crippen LogP contribution in [0.4, 0.5) is 8.78 Å². The van der Waals surface area contributed by atoms with Gasteiger partial charge in [-0.05, 0) is 57.3 Å². The number of amides is 3. The number of aliphatic hydroxyl groups is 1. The van der Waals surface area contributed by atoms with Gasteiger partial charge in [0.05, 0.1) is 12.1 Å². The van der Waals surface area contributed by atoms with E-state index < -0.39 is 30.4 Å². The number of hydrazine groups is 1. The minimum Gasteiger partial charge on any atom is -0.390 e. The van der Waals surface area contributed by atoms with E-state index in [1.807, 2.05) is 25.7 Å². The van der Waals surface area contributed by atoms with Crippen LogP contribution >= 0.6 is 0 Å². The van der Waals surface area contributed by atoms with Gasteiger partial charge in [0.1, 0.15) is 12.3 Å². The van der Waals surface area contributed by atoms with Crippen LogP contribution in [0.25, 0.3) is 0 Å². The smallest absolute Gasteiger partial charge is 0.236 e. The molecule has 2 saturated carbocycles. The summed E-state index contributed by atoms with van der Waals surface area (Å²) in [6.45, 7) is 11.2. The number of terminal acetylenes is 1. The molecule has 42 heavy (non-hydrogen) atoms. The number of aliphatic hydroxyl groups excluding tert-OH is 1. The fraction of sp³-hybridized carbons (Fsp3) is 0.844. The molecule has 7 unspecified atom stereocenters. The van der Waals surface area contributed by atoms with Gasteiger partial charge in [0.2, 0.25) is 17.7 Å². The zero-order valence-corrected chi connectivity index (χ0v) is 26.3. The molecule has 0 heterocycles. The van der Waals surface area contributed by atoms with Gasteiger partial charge in [-0.15, -0.1) is 12.3 Å². The standard InChI is InChI=1S/C32H54F2N4O4/c1-7-11-37(12-8-2)32(42)25-14-22(9-3)13-24(18-25)31(41)35-28(17-23-15-26(33)19-27(34)16-23)29(39)20-38(10-4)36-30(40)21(5)6/h3,21-29,39H,7-8,10-20H2,1-2,4-6H3,(H,35,41)(H,36,40). The lowest BCUT2D eigenvalue weighted by molar-refractivity contribution is -0.139. The quantitative estimate of drug-likeness (QED) is 0.196. The molecule has 0 spiro atoms. The van der Waals surface area contributed by atoms with E-state index in [9.17, 15) is 28.3 Å². The lowest BCUT2D eigenvalue weighted by Crippen LogP contribution is -2.55. The van der Waals surface area contributed by atoms with Crippen LogP contribution in [0.1, 0.15) is 92.4 Å². The Balaban J connectivity index is 2.22. The molecule has 0 aromatic rings. The maximum Gasteiger partial charge on any atom is 0.236 e. The van der Waals surface area contributed by atoms with Crippen LogP contribution in [0.2, 0.25) is 0 Å². The molecule has 240 valence electrons. The molecule has 2 aliphatic carbocycles. The van der Waals surface area contributed by atoms with Gasteiger partial charge in [0, 0.05) is 56.3 Å². The number of carbonyl (C=O) groups excluding carboxylic acids is 3. The second-order valence-electron chi connectivity index (χ2n) is 12.6. The molecule has 0 aromatic heterocycles. The van der Waals surface area contributed by atoms with Gasteiger partial charge in [-0.2, -0.15) is 0 Å². The number of alkyl halides is 2. The lowest BCUT2D eigenvalue weighted by atomic mass is 9.74. The van der Waals surface area contributed by atoms with Crippen LogP contribution in [0.5, 0.6) is 0 Å². The first-order valence-electron chi connectivity index (χ1n) is 16.0. The first kappa shape index (κ1) is 35.9. The summed E-state index contributed by atoms with van der Waals surface area (Å²) in [5.41, 5.74) is 2.79. The van der Waals surface area contributed by atoms with E-state index in [1.165, 1.54) is 0 Å². The fourth-order valence-corrected chi connectivity index (χ4v) is 6.35. The molecule has 7 atom stereocenters. The molecule has 10 heteroatoms. The molecule has 0 bridgehead atoms. The third-order valence-corrected chi connectivity index (χ3v) is 8.61. The monoisotopic (exact) mass is 596 g/mol. The van der Waals surface area contributed by atoms with Crippen molar-refractivity contribution in [3.8, 4) is 12.3 Å². The summed E-state index contributed by atoms with van der Waals surface area (Å²) in [7, 11) is 0. The van der Waals surface area contributed by atoms with Crippen molar-refractivity contribution in [2.75, 3.05) is 26.2 Å². The predicted octanol–water partition coefficient (Wildman–Crippen LogP) is 4.02. The van der Waals surface area contributed by atoms with Crippen molar-refractivity contribution in [1.29, 1.82) is 0 Å². The normalized spacial score (nSPS) is 27.6. The van der Waals surface area contributed by atoms with Crippen molar-refractivity contribution < 1.29 is 28.3 Å². The van der Waals surface area contributed by atoms with Crippen molar-refractivity contribution in [1.82, 2.24) is 20.7 Å². The van der Waals surface area contributed by atoms with E-state index >= 15 is 0 Å². The second-order valence-corrected chi connectivity index (χ2v) is 12.6. The Hall–Kier alpha value is -2.25. The van der Waals surface area contributed by atoms with Crippen molar-refractivity contribution in [3.05, 3.63) is 0 Å². The van der Waals surface area contributed by atoms with Crippen LogP contribution in [0.15, 0.2) is 0 Å². The number of halogens is 2. The highest BCUT2D eigenvalue weighted by Gasteiger charge is 2.39. The highest BCUT2D eigenvalue weighted by Crippen LogP contribution is 2.36. The van der Waals surface area contributed by atoms with Gasteiger partial charge < -0.3 is 15.3 Å². The lowest BCUT2D eigenvalue weighted by Gasteiger charge is -2.37. The van der Waals surface area contributed by atoms with Gasteiger partial charge in [-0.3, -0.25) is 19.8 Å². The molecule has 0 saturated heterocycles. The van der Waals surface area contributed by atoms with Crippen LogP contribution < -0.4 is 10.7 Å². The maximum atomic E-state index is 14.2. The summed E-state index contributed by atoms with van der Waals surface area (Å²) in [4.78, 5) is 41.3. The van der Waals surface area contributed by atoms with E-state index in [2.05, 4.69) is 16.7 Å². The van der Waals surface area contributed by atoms with Crippen molar-refractivity contribution in [3.63, 3.8) is 0 Å². The number of nitrogens with one attached hydrogen (secondary N) is 2. The summed E-state index contributed by atoms with van der Waals surface area (Å²) in [5, 5.41) is 15.9. The Kier molecular flexibility index (Phi) is 15.2. The highest BCUT2D eigenvalue weighted by molar-refractivity contribution is 5.83. The van der Waals surface area contributed by atoms with E-state index in [-0.39, 0.29) is 73.6 Å². The predicted molar refractivity (Wildman–Crippen MR) is 160 cm³/mol. The van der Waals surface area contributed by atoms with Crippen molar-refractivity contribution >= 4 is 17.7 Å². The first-order chi connectivity index (χ1) is 19.9. The number of likely N-dealkylation sites (N-methyl/N-ethyl adjacent to an activating group) is 1. The van der Waals surface area contributed by atoms with Crippen LogP contribution in [-0.4, -0.2) is 83.4 Å². The van der Waals surface area contributed by atoms with Crippen LogP contribution in [-0.2, 0) is 14.4 Å². The molecule has 2 aliphatic rings. The maximum absolute atomic E-state index is 14.2. The summed E-state index contributed by atoms with van der Waals surface area (Å²) in [6, 6.07) is -0.790. The molecular weight excluding hydrogens is 542 g/mol. The summed E-state index contributed by atoms with van der Waals surface area (Å²) in [5.74, 6) is 0.559. The Morgan fingerprint density at radius 2 is 1.55 bits per heavy atom. The van der Waals surface area contributed by atoms with E-state index in [0.29, 0.717) is 38.9 Å². The Morgan fingerprint density at radius 3 is 2.07 bits per heavy atom. The average molecular weight is 597 g/mol. The third-order valence-electron chi connectivity index (χ3n) is 8.61. The van der Waals surface area contributed by atoms with Crippen LogP contribution in [0.3, 0.4) is 0 Å². The zero-order valence-electron chi connectivity index (χ0n) is 26.3. The molecule has 0 aliphatic heterocycles. The molecule has 8 nitrogen and oxygen atoms in total. The van der Waals surface area contributed by atoms with Gasteiger partial charge in [0.15, 0.2) is 0 Å². The molecule has 0 aromatic carbocycles. The fourth-order valence-electron chi connectivity index (χ4n) is 6.35. The SMILES string of the molecule is C#CC1CC(C(=O)NC(CC2CC(F)CC(F)C2)C(O)CN(CC)NC(=O)C(C)C)CC(C(=O)N(CCC)CCC)C1. The first-order valence-corrected chi connectivity index (χ1v) is 16.0. The summed E-state index contributed by atoms with van der Waals surface area (Å²) < 4.78 is 28.5. The summed E-state index contributed by atoms with van der Waals surface area (Å²) >= 11 is 0. The number of rotatable bonds is 15. The van der Waals surface area contributed by atoms with Gasteiger partial charge in [-0.1, -0.05) is 34.6 Å². The van der Waals surface area contributed by atoms with E-state index in [0.717, 1.165) is 12.8 Å². The largest absolute Gasteiger partial charge is 0.390 e. The molecule has 2 fully saturated rings. The highest BCUT2D eigenvalue weighted by atomic mass is 19.1. The minimum absolute atomic E-state index is 0.0256. The molecule has 0 radical (unpaired) electrons.